The Morgan fingerprint density at radius 1 is 1.39 bits per heavy atom. The zero-order chi connectivity index (χ0) is 13.4. The van der Waals surface area contributed by atoms with E-state index in [4.69, 9.17) is 4.74 Å². The van der Waals surface area contributed by atoms with Crippen molar-refractivity contribution in [3.63, 3.8) is 0 Å². The maximum Gasteiger partial charge on any atom is 0.352 e. The molecule has 0 spiro atoms. The minimum absolute atomic E-state index is 0.136. The smallest absolute Gasteiger partial charge is 0.352 e. The van der Waals surface area contributed by atoms with Gasteiger partial charge in [0.25, 0.3) is 0 Å². The van der Waals surface area contributed by atoms with Crippen LogP contribution in [0.5, 0.6) is 5.75 Å². The number of carboxylic acids is 1. The van der Waals surface area contributed by atoms with Gasteiger partial charge in [-0.25, -0.2) is 4.79 Å². The number of aromatic amines is 1. The van der Waals surface area contributed by atoms with E-state index in [-0.39, 0.29) is 11.6 Å². The van der Waals surface area contributed by atoms with Gasteiger partial charge < -0.3 is 14.8 Å². The summed E-state index contributed by atoms with van der Waals surface area (Å²) in [5, 5.41) is 10.2. The van der Waals surface area contributed by atoms with E-state index in [1.807, 2.05) is 32.9 Å². The molecule has 0 bridgehead atoms. The third kappa shape index (κ3) is 1.83. The molecule has 4 heteroatoms. The summed E-state index contributed by atoms with van der Waals surface area (Å²) in [6.07, 6.45) is 0. The van der Waals surface area contributed by atoms with E-state index in [9.17, 15) is 9.90 Å². The van der Waals surface area contributed by atoms with Crippen LogP contribution in [0.4, 0.5) is 0 Å². The van der Waals surface area contributed by atoms with Crippen molar-refractivity contribution in [2.24, 2.45) is 0 Å². The Morgan fingerprint density at radius 3 is 2.56 bits per heavy atom. The summed E-state index contributed by atoms with van der Waals surface area (Å²) in [7, 11) is 1.59. The predicted octanol–water partition coefficient (Wildman–Crippen LogP) is 3.31. The molecule has 1 aromatic heterocycles. The first kappa shape index (κ1) is 12.5. The standard InChI is InChI=1S/C14H17NO3/c1-7(2)11-9-5-8(3)6-10(18-4)12(9)15-13(11)14(16)17/h5-7,15H,1-4H3,(H,16,17). The molecule has 0 unspecified atom stereocenters. The van der Waals surface area contributed by atoms with Gasteiger partial charge in [-0.15, -0.1) is 0 Å². The number of methoxy groups -OCH3 is 1. The molecule has 18 heavy (non-hydrogen) atoms. The zero-order valence-electron chi connectivity index (χ0n) is 11.0. The second-order valence-electron chi connectivity index (χ2n) is 4.76. The van der Waals surface area contributed by atoms with Crippen LogP contribution in [-0.4, -0.2) is 23.2 Å². The first-order chi connectivity index (χ1) is 8.45. The van der Waals surface area contributed by atoms with E-state index < -0.39 is 5.97 Å². The molecule has 2 aromatic rings. The highest BCUT2D eigenvalue weighted by atomic mass is 16.5. The number of aryl methyl sites for hydroxylation is 1. The Morgan fingerprint density at radius 2 is 2.06 bits per heavy atom. The maximum absolute atomic E-state index is 11.3. The molecule has 0 saturated heterocycles. The number of fused-ring (bicyclic) bond motifs is 1. The Kier molecular flexibility index (Phi) is 3.03. The molecule has 0 amide bonds. The summed E-state index contributed by atoms with van der Waals surface area (Å²) in [6, 6.07) is 3.89. The van der Waals surface area contributed by atoms with Gasteiger partial charge in [0, 0.05) is 5.39 Å². The van der Waals surface area contributed by atoms with Crippen molar-refractivity contribution in [1.82, 2.24) is 4.98 Å². The molecule has 0 fully saturated rings. The Labute approximate surface area is 106 Å². The van der Waals surface area contributed by atoms with E-state index in [1.165, 1.54) is 0 Å². The summed E-state index contributed by atoms with van der Waals surface area (Å²) in [4.78, 5) is 14.3. The molecule has 0 atom stereocenters. The van der Waals surface area contributed by atoms with Gasteiger partial charge in [0.05, 0.1) is 12.6 Å². The minimum atomic E-state index is -0.936. The normalized spacial score (nSPS) is 11.2. The summed E-state index contributed by atoms with van der Waals surface area (Å²) in [5.41, 5.74) is 2.89. The number of H-pyrrole nitrogens is 1. The lowest BCUT2D eigenvalue weighted by Crippen LogP contribution is -2.02. The molecular formula is C14H17NO3. The first-order valence-corrected chi connectivity index (χ1v) is 5.89. The fourth-order valence-electron chi connectivity index (χ4n) is 2.35. The highest BCUT2D eigenvalue weighted by Crippen LogP contribution is 2.35. The quantitative estimate of drug-likeness (QED) is 0.874. The van der Waals surface area contributed by atoms with Crippen LogP contribution in [0.3, 0.4) is 0 Å². The van der Waals surface area contributed by atoms with Crippen molar-refractivity contribution in [3.05, 3.63) is 29.0 Å². The van der Waals surface area contributed by atoms with Gasteiger partial charge in [-0.2, -0.15) is 0 Å². The lowest BCUT2D eigenvalue weighted by Gasteiger charge is -2.07. The molecule has 2 rings (SSSR count). The summed E-state index contributed by atoms with van der Waals surface area (Å²) in [5.74, 6) is -0.120. The Hall–Kier alpha value is -1.97. The van der Waals surface area contributed by atoms with E-state index in [1.54, 1.807) is 7.11 Å². The van der Waals surface area contributed by atoms with E-state index in [0.717, 1.165) is 22.0 Å². The van der Waals surface area contributed by atoms with E-state index in [0.29, 0.717) is 5.75 Å². The molecule has 0 aliphatic heterocycles. The zero-order valence-corrected chi connectivity index (χ0v) is 11.0. The number of hydrogen-bond acceptors (Lipinski definition) is 2. The first-order valence-electron chi connectivity index (χ1n) is 5.89. The molecular weight excluding hydrogens is 230 g/mol. The number of carbonyl (C=O) groups is 1. The lowest BCUT2D eigenvalue weighted by molar-refractivity contribution is 0.0690. The number of benzene rings is 1. The molecule has 0 saturated carbocycles. The molecule has 1 aromatic carbocycles. The van der Waals surface area contributed by atoms with Gasteiger partial charge in [-0.1, -0.05) is 13.8 Å². The van der Waals surface area contributed by atoms with Gasteiger partial charge in [-0.3, -0.25) is 0 Å². The Bertz CT molecular complexity index is 611. The number of rotatable bonds is 3. The van der Waals surface area contributed by atoms with Crippen molar-refractivity contribution in [3.8, 4) is 5.75 Å². The lowest BCUT2D eigenvalue weighted by atomic mass is 9.98. The van der Waals surface area contributed by atoms with E-state index in [2.05, 4.69) is 4.98 Å². The molecule has 1 heterocycles. The summed E-state index contributed by atoms with van der Waals surface area (Å²) >= 11 is 0. The average molecular weight is 247 g/mol. The fraction of sp³-hybridized carbons (Fsp3) is 0.357. The van der Waals surface area contributed by atoms with Crippen molar-refractivity contribution < 1.29 is 14.6 Å². The third-order valence-corrected chi connectivity index (χ3v) is 3.07. The molecule has 2 N–H and O–H groups in total. The maximum atomic E-state index is 11.3. The largest absolute Gasteiger partial charge is 0.495 e. The second kappa shape index (κ2) is 4.37. The van der Waals surface area contributed by atoms with Crippen molar-refractivity contribution in [1.29, 1.82) is 0 Å². The number of hydrogen-bond donors (Lipinski definition) is 2. The summed E-state index contributed by atoms with van der Waals surface area (Å²) in [6.45, 7) is 5.95. The van der Waals surface area contributed by atoms with Crippen LogP contribution >= 0.6 is 0 Å². The van der Waals surface area contributed by atoms with Crippen molar-refractivity contribution in [2.45, 2.75) is 26.7 Å². The number of aromatic nitrogens is 1. The van der Waals surface area contributed by atoms with Crippen LogP contribution in [0.25, 0.3) is 10.9 Å². The highest BCUT2D eigenvalue weighted by molar-refractivity contribution is 6.00. The van der Waals surface area contributed by atoms with Gasteiger partial charge in [0.2, 0.25) is 0 Å². The second-order valence-corrected chi connectivity index (χ2v) is 4.76. The third-order valence-electron chi connectivity index (χ3n) is 3.07. The van der Waals surface area contributed by atoms with Crippen LogP contribution in [0.1, 0.15) is 41.4 Å². The van der Waals surface area contributed by atoms with Gasteiger partial charge in [-0.05, 0) is 36.1 Å². The van der Waals surface area contributed by atoms with Crippen molar-refractivity contribution >= 4 is 16.9 Å². The monoisotopic (exact) mass is 247 g/mol. The van der Waals surface area contributed by atoms with Crippen LogP contribution in [-0.2, 0) is 0 Å². The topological polar surface area (TPSA) is 62.3 Å². The summed E-state index contributed by atoms with van der Waals surface area (Å²) < 4.78 is 5.31. The molecule has 0 aliphatic rings. The van der Waals surface area contributed by atoms with Crippen LogP contribution in [0.15, 0.2) is 12.1 Å². The van der Waals surface area contributed by atoms with Crippen LogP contribution < -0.4 is 4.74 Å². The minimum Gasteiger partial charge on any atom is -0.495 e. The highest BCUT2D eigenvalue weighted by Gasteiger charge is 2.21. The molecule has 0 aliphatic carbocycles. The SMILES string of the molecule is COc1cc(C)cc2c(C(C)C)c(C(=O)O)[nH]c12. The number of nitrogens with one attached hydrogen (secondary N) is 1. The van der Waals surface area contributed by atoms with Gasteiger partial charge in [0.15, 0.2) is 0 Å². The number of aromatic carboxylic acids is 1. The number of carboxylic acid groups (broad SMARTS) is 1. The predicted molar refractivity (Wildman–Crippen MR) is 70.6 cm³/mol. The Balaban J connectivity index is 2.89. The molecule has 0 radical (unpaired) electrons. The molecule has 96 valence electrons. The van der Waals surface area contributed by atoms with Crippen molar-refractivity contribution in [2.75, 3.05) is 7.11 Å². The average Bonchev–Trinajstić information content (AvgIpc) is 2.66. The van der Waals surface area contributed by atoms with Gasteiger partial charge in [0.1, 0.15) is 11.4 Å². The van der Waals surface area contributed by atoms with Crippen LogP contribution in [0, 0.1) is 6.92 Å². The molecule has 4 nitrogen and oxygen atoms in total. The van der Waals surface area contributed by atoms with Gasteiger partial charge >= 0.3 is 5.97 Å². The van der Waals surface area contributed by atoms with E-state index >= 15 is 0 Å². The van der Waals surface area contributed by atoms with Crippen LogP contribution in [0.2, 0.25) is 0 Å². The number of ether oxygens (including phenoxy) is 1. The fourth-order valence-corrected chi connectivity index (χ4v) is 2.35.